The third-order valence-electron chi connectivity index (χ3n) is 4.78. The minimum atomic E-state index is 0.245. The van der Waals surface area contributed by atoms with Crippen LogP contribution in [-0.2, 0) is 5.41 Å². The zero-order valence-electron chi connectivity index (χ0n) is 13.7. The molecule has 0 bridgehead atoms. The maximum absolute atomic E-state index is 2.39. The van der Waals surface area contributed by atoms with Crippen molar-refractivity contribution in [2.24, 2.45) is 5.92 Å². The summed E-state index contributed by atoms with van der Waals surface area (Å²) in [6.45, 7) is 6.39. The summed E-state index contributed by atoms with van der Waals surface area (Å²) >= 11 is 0. The van der Waals surface area contributed by atoms with E-state index in [0.717, 1.165) is 5.92 Å². The Morgan fingerprint density at radius 1 is 0.714 bits per heavy atom. The smallest absolute Gasteiger partial charge is 0.0203 e. The lowest BCUT2D eigenvalue weighted by Gasteiger charge is -2.40. The van der Waals surface area contributed by atoms with Crippen LogP contribution in [0.3, 0.4) is 0 Å². The molecule has 1 fully saturated rings. The van der Waals surface area contributed by atoms with E-state index in [2.05, 4.69) is 67.6 Å². The first-order valence-corrected chi connectivity index (χ1v) is 8.42. The standard InChI is InChI=1S/C19H22.C2H6/c1-16-12-14-19(15-13-16,17-8-4-2-5-9-17)18-10-6-3-7-11-18;1-2/h2-11,16H,12-15H2,1H3;1-2H3. The van der Waals surface area contributed by atoms with Crippen molar-refractivity contribution in [3.8, 4) is 0 Å². The molecule has 0 amide bonds. The average Bonchev–Trinajstić information content (AvgIpc) is 2.59. The van der Waals surface area contributed by atoms with Crippen molar-refractivity contribution in [1.29, 1.82) is 0 Å². The van der Waals surface area contributed by atoms with Crippen LogP contribution in [0.2, 0.25) is 0 Å². The zero-order valence-corrected chi connectivity index (χ0v) is 13.7. The highest BCUT2D eigenvalue weighted by atomic mass is 14.4. The maximum atomic E-state index is 2.39. The Hall–Kier alpha value is -1.56. The molecule has 0 spiro atoms. The molecule has 2 aromatic carbocycles. The van der Waals surface area contributed by atoms with Crippen LogP contribution in [-0.4, -0.2) is 0 Å². The second-order valence-corrected chi connectivity index (χ2v) is 6.00. The van der Waals surface area contributed by atoms with Crippen molar-refractivity contribution in [3.63, 3.8) is 0 Å². The predicted molar refractivity (Wildman–Crippen MR) is 92.6 cm³/mol. The van der Waals surface area contributed by atoms with Crippen LogP contribution < -0.4 is 0 Å². The quantitative estimate of drug-likeness (QED) is 0.613. The van der Waals surface area contributed by atoms with E-state index in [9.17, 15) is 0 Å². The van der Waals surface area contributed by atoms with E-state index < -0.39 is 0 Å². The molecule has 0 heteroatoms. The molecular weight excluding hydrogens is 252 g/mol. The first-order chi connectivity index (χ1) is 10.3. The molecule has 0 atom stereocenters. The van der Waals surface area contributed by atoms with Crippen molar-refractivity contribution < 1.29 is 0 Å². The number of hydrogen-bond donors (Lipinski definition) is 0. The highest BCUT2D eigenvalue weighted by molar-refractivity contribution is 5.39. The van der Waals surface area contributed by atoms with Gasteiger partial charge in [0.25, 0.3) is 0 Å². The van der Waals surface area contributed by atoms with E-state index in [4.69, 9.17) is 0 Å². The van der Waals surface area contributed by atoms with E-state index in [1.54, 1.807) is 0 Å². The lowest BCUT2D eigenvalue weighted by molar-refractivity contribution is 0.280. The molecule has 0 radical (unpaired) electrons. The predicted octanol–water partition coefficient (Wildman–Crippen LogP) is 6.21. The Labute approximate surface area is 130 Å². The van der Waals surface area contributed by atoms with Crippen molar-refractivity contribution in [3.05, 3.63) is 71.8 Å². The Kier molecular flexibility index (Phi) is 5.61. The third kappa shape index (κ3) is 3.37. The summed E-state index contributed by atoms with van der Waals surface area (Å²) in [5.41, 5.74) is 3.23. The minimum absolute atomic E-state index is 0.245. The Morgan fingerprint density at radius 2 is 1.10 bits per heavy atom. The van der Waals surface area contributed by atoms with Gasteiger partial charge in [-0.2, -0.15) is 0 Å². The van der Waals surface area contributed by atoms with Crippen molar-refractivity contribution in [2.45, 2.75) is 51.9 Å². The molecule has 0 saturated heterocycles. The van der Waals surface area contributed by atoms with E-state index >= 15 is 0 Å². The van der Waals surface area contributed by atoms with Gasteiger partial charge in [0.15, 0.2) is 0 Å². The Balaban J connectivity index is 0.000000774. The van der Waals surface area contributed by atoms with E-state index in [1.165, 1.54) is 36.8 Å². The van der Waals surface area contributed by atoms with Crippen LogP contribution in [0.5, 0.6) is 0 Å². The minimum Gasteiger partial charge on any atom is -0.0683 e. The number of benzene rings is 2. The van der Waals surface area contributed by atoms with Gasteiger partial charge in [-0.05, 0) is 42.7 Å². The van der Waals surface area contributed by atoms with Gasteiger partial charge in [-0.25, -0.2) is 0 Å². The van der Waals surface area contributed by atoms with Gasteiger partial charge >= 0.3 is 0 Å². The van der Waals surface area contributed by atoms with E-state index in [-0.39, 0.29) is 5.41 Å². The van der Waals surface area contributed by atoms with Crippen LogP contribution in [0.4, 0.5) is 0 Å². The number of hydrogen-bond acceptors (Lipinski definition) is 0. The Morgan fingerprint density at radius 3 is 1.48 bits per heavy atom. The fourth-order valence-corrected chi connectivity index (χ4v) is 3.51. The summed E-state index contributed by atoms with van der Waals surface area (Å²) in [6, 6.07) is 22.2. The summed E-state index contributed by atoms with van der Waals surface area (Å²) in [5.74, 6) is 0.876. The Bertz CT molecular complexity index is 463. The van der Waals surface area contributed by atoms with Gasteiger partial charge in [-0.3, -0.25) is 0 Å². The van der Waals surface area contributed by atoms with Gasteiger partial charge < -0.3 is 0 Å². The van der Waals surface area contributed by atoms with Crippen LogP contribution in [0.15, 0.2) is 60.7 Å². The molecule has 0 aromatic heterocycles. The van der Waals surface area contributed by atoms with Gasteiger partial charge in [0.1, 0.15) is 0 Å². The van der Waals surface area contributed by atoms with Crippen LogP contribution in [0.25, 0.3) is 0 Å². The molecule has 1 saturated carbocycles. The molecule has 0 N–H and O–H groups in total. The number of rotatable bonds is 2. The lowest BCUT2D eigenvalue weighted by atomic mass is 9.63. The van der Waals surface area contributed by atoms with Crippen molar-refractivity contribution in [1.82, 2.24) is 0 Å². The molecule has 21 heavy (non-hydrogen) atoms. The van der Waals surface area contributed by atoms with E-state index in [0.29, 0.717) is 0 Å². The summed E-state index contributed by atoms with van der Waals surface area (Å²) < 4.78 is 0. The molecular formula is C21H28. The van der Waals surface area contributed by atoms with Gasteiger partial charge in [0.2, 0.25) is 0 Å². The first kappa shape index (κ1) is 15.8. The summed E-state index contributed by atoms with van der Waals surface area (Å²) in [5, 5.41) is 0. The van der Waals surface area contributed by atoms with E-state index in [1.807, 2.05) is 13.8 Å². The van der Waals surface area contributed by atoms with Crippen LogP contribution in [0, 0.1) is 5.92 Å². The highest BCUT2D eigenvalue weighted by Gasteiger charge is 2.36. The second-order valence-electron chi connectivity index (χ2n) is 6.00. The summed E-state index contributed by atoms with van der Waals surface area (Å²) in [7, 11) is 0. The molecule has 0 aliphatic heterocycles. The normalized spacial score (nSPS) is 17.7. The summed E-state index contributed by atoms with van der Waals surface area (Å²) in [6.07, 6.45) is 5.23. The van der Waals surface area contributed by atoms with Gasteiger partial charge in [0, 0.05) is 5.41 Å². The molecule has 0 nitrogen and oxygen atoms in total. The third-order valence-corrected chi connectivity index (χ3v) is 4.78. The molecule has 2 aromatic rings. The molecule has 1 aliphatic rings. The maximum Gasteiger partial charge on any atom is 0.0203 e. The van der Waals surface area contributed by atoms with Crippen LogP contribution >= 0.6 is 0 Å². The lowest BCUT2D eigenvalue weighted by Crippen LogP contribution is -2.32. The van der Waals surface area contributed by atoms with Crippen molar-refractivity contribution >= 4 is 0 Å². The molecule has 1 aliphatic carbocycles. The van der Waals surface area contributed by atoms with Gasteiger partial charge in [0.05, 0.1) is 0 Å². The molecule has 0 heterocycles. The first-order valence-electron chi connectivity index (χ1n) is 8.42. The zero-order chi connectivity index (χ0) is 15.1. The van der Waals surface area contributed by atoms with Crippen LogP contribution in [0.1, 0.15) is 57.6 Å². The largest absolute Gasteiger partial charge is 0.0683 e. The average molecular weight is 280 g/mol. The fraction of sp³-hybridized carbons (Fsp3) is 0.429. The monoisotopic (exact) mass is 280 g/mol. The second kappa shape index (κ2) is 7.45. The van der Waals surface area contributed by atoms with Crippen molar-refractivity contribution in [2.75, 3.05) is 0 Å². The van der Waals surface area contributed by atoms with Gasteiger partial charge in [-0.1, -0.05) is 81.4 Å². The molecule has 112 valence electrons. The summed E-state index contributed by atoms with van der Waals surface area (Å²) in [4.78, 5) is 0. The topological polar surface area (TPSA) is 0 Å². The SMILES string of the molecule is CC.CC1CCC(c2ccccc2)(c2ccccc2)CC1. The fourth-order valence-electron chi connectivity index (χ4n) is 3.51. The highest BCUT2D eigenvalue weighted by Crippen LogP contribution is 2.46. The van der Waals surface area contributed by atoms with Gasteiger partial charge in [-0.15, -0.1) is 0 Å². The molecule has 0 unspecified atom stereocenters. The molecule has 3 rings (SSSR count).